The molecule has 0 aliphatic carbocycles. The predicted octanol–water partition coefficient (Wildman–Crippen LogP) is 3.95. The molecule has 0 unspecified atom stereocenters. The van der Waals surface area contributed by atoms with Crippen LogP contribution in [0.25, 0.3) is 0 Å². The van der Waals surface area contributed by atoms with Gasteiger partial charge < -0.3 is 14.8 Å². The summed E-state index contributed by atoms with van der Waals surface area (Å²) < 4.78 is 37.5. The highest BCUT2D eigenvalue weighted by Crippen LogP contribution is 2.25. The van der Waals surface area contributed by atoms with E-state index in [1.807, 2.05) is 36.4 Å². The number of carbonyl (C=O) groups excluding carboxylic acids is 2. The molecule has 0 saturated carbocycles. The fourth-order valence-electron chi connectivity index (χ4n) is 2.98. The second-order valence-electron chi connectivity index (χ2n) is 7.48. The minimum atomic E-state index is -3.96. The van der Waals surface area contributed by atoms with Crippen molar-refractivity contribution in [3.8, 4) is 11.5 Å². The third-order valence-electron chi connectivity index (χ3n) is 4.84. The third-order valence-corrected chi connectivity index (χ3v) is 6.09. The first kappa shape index (κ1) is 24.8. The van der Waals surface area contributed by atoms with E-state index in [-0.39, 0.29) is 13.2 Å². The van der Waals surface area contributed by atoms with Gasteiger partial charge in [-0.25, -0.2) is 13.2 Å². The minimum Gasteiger partial charge on any atom is -0.457 e. The van der Waals surface area contributed by atoms with Crippen LogP contribution in [0.3, 0.4) is 0 Å². The van der Waals surface area contributed by atoms with Crippen LogP contribution in [-0.4, -0.2) is 32.7 Å². The molecule has 1 atom stereocenters. The Hall–Kier alpha value is -3.85. The van der Waals surface area contributed by atoms with E-state index in [2.05, 4.69) is 10.0 Å². The molecule has 0 aliphatic heterocycles. The summed E-state index contributed by atoms with van der Waals surface area (Å²) in [5, 5.41) is 2.37. The Kier molecular flexibility index (Phi) is 8.64. The lowest BCUT2D eigenvalue weighted by Gasteiger charge is -2.14. The van der Waals surface area contributed by atoms with Crippen LogP contribution in [0.5, 0.6) is 11.5 Å². The number of nitrogens with one attached hydrogen (secondary N) is 2. The van der Waals surface area contributed by atoms with Crippen LogP contribution >= 0.6 is 0 Å². The van der Waals surface area contributed by atoms with E-state index in [1.165, 1.54) is 0 Å². The molecule has 0 saturated heterocycles. The smallest absolute Gasteiger partial charge is 0.407 e. The van der Waals surface area contributed by atoms with Gasteiger partial charge in [-0.2, -0.15) is 0 Å². The number of para-hydroxylation sites is 1. The molecule has 3 rings (SSSR count). The molecule has 0 heterocycles. The Labute approximate surface area is 199 Å². The maximum atomic E-state index is 12.5. The molecule has 0 aliphatic rings. The molecule has 0 radical (unpaired) electrons. The second kappa shape index (κ2) is 11.9. The fraction of sp³-hybridized carbons (Fsp3) is 0.200. The predicted molar refractivity (Wildman–Crippen MR) is 128 cm³/mol. The lowest BCUT2D eigenvalue weighted by molar-refractivity contribution is -0.120. The number of amides is 2. The number of ether oxygens (including phenoxy) is 2. The van der Waals surface area contributed by atoms with E-state index in [1.54, 1.807) is 55.5 Å². The molecule has 0 spiro atoms. The summed E-state index contributed by atoms with van der Waals surface area (Å²) in [7, 11) is -3.96. The molecule has 34 heavy (non-hydrogen) atoms. The molecule has 2 N–H and O–H groups in total. The number of hydrogen-bond donors (Lipinski definition) is 2. The van der Waals surface area contributed by atoms with Crippen molar-refractivity contribution in [3.05, 3.63) is 96.1 Å². The molecule has 8 nitrogen and oxygen atoms in total. The van der Waals surface area contributed by atoms with E-state index >= 15 is 0 Å². The Morgan fingerprint density at radius 3 is 2.24 bits per heavy atom. The zero-order valence-corrected chi connectivity index (χ0v) is 19.5. The molecule has 3 aromatic carbocycles. The Bertz CT molecular complexity index is 1200. The van der Waals surface area contributed by atoms with Gasteiger partial charge in [0.15, 0.2) is 0 Å². The monoisotopic (exact) mass is 482 g/mol. The van der Waals surface area contributed by atoms with Crippen molar-refractivity contribution in [3.63, 3.8) is 0 Å². The van der Waals surface area contributed by atoms with Gasteiger partial charge in [0.25, 0.3) is 0 Å². The van der Waals surface area contributed by atoms with Crippen LogP contribution in [0.2, 0.25) is 0 Å². The van der Waals surface area contributed by atoms with Gasteiger partial charge >= 0.3 is 6.09 Å². The van der Waals surface area contributed by atoms with E-state index in [0.29, 0.717) is 17.1 Å². The van der Waals surface area contributed by atoms with Crippen molar-refractivity contribution in [1.82, 2.24) is 10.0 Å². The first-order valence-corrected chi connectivity index (χ1v) is 12.3. The van der Waals surface area contributed by atoms with Crippen LogP contribution in [-0.2, 0) is 26.2 Å². The highest BCUT2D eigenvalue weighted by Gasteiger charge is 2.22. The maximum absolute atomic E-state index is 12.5. The summed E-state index contributed by atoms with van der Waals surface area (Å²) in [6.45, 7) is 1.47. The van der Waals surface area contributed by atoms with E-state index in [4.69, 9.17) is 9.47 Å². The molecular formula is C25H26N2O6S. The average Bonchev–Trinajstić information content (AvgIpc) is 2.83. The topological polar surface area (TPSA) is 111 Å². The van der Waals surface area contributed by atoms with Gasteiger partial charge in [-0.15, -0.1) is 0 Å². The van der Waals surface area contributed by atoms with Crippen molar-refractivity contribution in [2.24, 2.45) is 0 Å². The molecule has 0 bridgehead atoms. The molecule has 2 amide bonds. The molecular weight excluding hydrogens is 456 g/mol. The summed E-state index contributed by atoms with van der Waals surface area (Å²) in [5.74, 6) is -0.705. The van der Waals surface area contributed by atoms with Crippen molar-refractivity contribution in [2.45, 2.75) is 19.4 Å². The molecule has 9 heteroatoms. The van der Waals surface area contributed by atoms with E-state index < -0.39 is 33.7 Å². The van der Waals surface area contributed by atoms with Crippen molar-refractivity contribution in [1.29, 1.82) is 0 Å². The SMILES string of the molecule is C[C@@H](C(=O)NS(=O)(=O)CCNC(=O)OCc1ccccc1)c1cccc(Oc2ccccc2)c1. The first-order chi connectivity index (χ1) is 16.3. The molecule has 178 valence electrons. The Balaban J connectivity index is 1.47. The quantitative estimate of drug-likeness (QED) is 0.453. The first-order valence-electron chi connectivity index (χ1n) is 10.6. The van der Waals surface area contributed by atoms with Gasteiger partial charge in [0.2, 0.25) is 15.9 Å². The third kappa shape index (κ3) is 7.93. The van der Waals surface area contributed by atoms with E-state index in [0.717, 1.165) is 5.56 Å². The zero-order chi connectivity index (χ0) is 24.4. The van der Waals surface area contributed by atoms with Crippen LogP contribution in [0, 0.1) is 0 Å². The number of benzene rings is 3. The summed E-state index contributed by atoms with van der Waals surface area (Å²) in [6.07, 6.45) is -0.742. The fourth-order valence-corrected chi connectivity index (χ4v) is 3.93. The summed E-state index contributed by atoms with van der Waals surface area (Å²) in [6, 6.07) is 25.2. The van der Waals surface area contributed by atoms with Crippen LogP contribution in [0.1, 0.15) is 24.0 Å². The number of hydrogen-bond acceptors (Lipinski definition) is 6. The van der Waals surface area contributed by atoms with Gasteiger partial charge in [-0.1, -0.05) is 60.7 Å². The zero-order valence-electron chi connectivity index (χ0n) is 18.6. The van der Waals surface area contributed by atoms with Gasteiger partial charge in [0.05, 0.1) is 11.7 Å². The Morgan fingerprint density at radius 1 is 0.882 bits per heavy atom. The summed E-state index contributed by atoms with van der Waals surface area (Å²) >= 11 is 0. The van der Waals surface area contributed by atoms with Gasteiger partial charge in [-0.3, -0.25) is 9.52 Å². The van der Waals surface area contributed by atoms with Crippen LogP contribution in [0.15, 0.2) is 84.9 Å². The highest BCUT2D eigenvalue weighted by molar-refractivity contribution is 7.90. The standard InChI is InChI=1S/C25H26N2O6S/c1-19(21-11-8-14-23(17-21)33-22-12-6-3-7-13-22)24(28)27-34(30,31)16-15-26-25(29)32-18-20-9-4-2-5-10-20/h2-14,17,19H,15-16,18H2,1H3,(H,26,29)(H,27,28)/t19-/m1/s1. The molecule has 0 fully saturated rings. The van der Waals surface area contributed by atoms with Gasteiger partial charge in [0, 0.05) is 6.54 Å². The van der Waals surface area contributed by atoms with Crippen molar-refractivity contribution in [2.75, 3.05) is 12.3 Å². The number of sulfonamides is 1. The molecule has 0 aromatic heterocycles. The van der Waals surface area contributed by atoms with Crippen molar-refractivity contribution < 1.29 is 27.5 Å². The lowest BCUT2D eigenvalue weighted by atomic mass is 10.0. The van der Waals surface area contributed by atoms with E-state index in [9.17, 15) is 18.0 Å². The highest BCUT2D eigenvalue weighted by atomic mass is 32.2. The summed E-state index contributed by atoms with van der Waals surface area (Å²) in [4.78, 5) is 24.3. The van der Waals surface area contributed by atoms with Crippen LogP contribution < -0.4 is 14.8 Å². The number of alkyl carbamates (subject to hydrolysis) is 1. The number of rotatable bonds is 10. The normalized spacial score (nSPS) is 11.8. The van der Waals surface area contributed by atoms with Gasteiger partial charge in [0.1, 0.15) is 18.1 Å². The van der Waals surface area contributed by atoms with Crippen molar-refractivity contribution >= 4 is 22.0 Å². The summed E-state index contributed by atoms with van der Waals surface area (Å²) in [5.41, 5.74) is 1.41. The maximum Gasteiger partial charge on any atom is 0.407 e. The van der Waals surface area contributed by atoms with Crippen LogP contribution in [0.4, 0.5) is 4.79 Å². The largest absolute Gasteiger partial charge is 0.457 e. The lowest BCUT2D eigenvalue weighted by Crippen LogP contribution is -2.39. The number of carbonyl (C=O) groups is 2. The van der Waals surface area contributed by atoms with Gasteiger partial charge in [-0.05, 0) is 42.3 Å². The average molecular weight is 483 g/mol. The minimum absolute atomic E-state index is 0.0702. The molecule has 3 aromatic rings. The second-order valence-corrected chi connectivity index (χ2v) is 9.32. The Morgan fingerprint density at radius 2 is 1.53 bits per heavy atom.